The molecule has 2 fully saturated rings. The Morgan fingerprint density at radius 1 is 1.09 bits per heavy atom. The SMILES string of the molecule is O=C(CNCC1CC1)NCC1CCN(CCc2ccccc2)C1. The molecule has 1 atom stereocenters. The van der Waals surface area contributed by atoms with Gasteiger partial charge in [-0.2, -0.15) is 0 Å². The highest BCUT2D eigenvalue weighted by atomic mass is 16.1. The van der Waals surface area contributed by atoms with Crippen LogP contribution < -0.4 is 10.6 Å². The molecule has 4 heteroatoms. The van der Waals surface area contributed by atoms with Gasteiger partial charge >= 0.3 is 0 Å². The van der Waals surface area contributed by atoms with Gasteiger partial charge in [0, 0.05) is 19.6 Å². The Morgan fingerprint density at radius 3 is 2.70 bits per heavy atom. The molecule has 1 unspecified atom stereocenters. The average Bonchev–Trinajstić information content (AvgIpc) is 3.29. The van der Waals surface area contributed by atoms with E-state index >= 15 is 0 Å². The number of benzene rings is 1. The smallest absolute Gasteiger partial charge is 0.233 e. The van der Waals surface area contributed by atoms with E-state index in [1.165, 1.54) is 24.8 Å². The van der Waals surface area contributed by atoms with Crippen LogP contribution in [0.25, 0.3) is 0 Å². The molecular weight excluding hydrogens is 286 g/mol. The number of likely N-dealkylation sites (tertiary alicyclic amines) is 1. The molecule has 126 valence electrons. The molecule has 1 heterocycles. The highest BCUT2D eigenvalue weighted by Crippen LogP contribution is 2.27. The molecule has 0 bridgehead atoms. The molecule has 1 aliphatic carbocycles. The first-order valence-electron chi connectivity index (χ1n) is 9.03. The van der Waals surface area contributed by atoms with Gasteiger partial charge in [0.1, 0.15) is 0 Å². The van der Waals surface area contributed by atoms with E-state index in [-0.39, 0.29) is 5.91 Å². The van der Waals surface area contributed by atoms with Crippen LogP contribution in [0.5, 0.6) is 0 Å². The van der Waals surface area contributed by atoms with Crippen molar-refractivity contribution in [2.75, 3.05) is 39.3 Å². The second-order valence-electron chi connectivity index (χ2n) is 7.07. The number of hydrogen-bond donors (Lipinski definition) is 2. The van der Waals surface area contributed by atoms with E-state index < -0.39 is 0 Å². The normalized spacial score (nSPS) is 21.5. The van der Waals surface area contributed by atoms with Gasteiger partial charge in [-0.05, 0) is 56.2 Å². The molecule has 0 spiro atoms. The third kappa shape index (κ3) is 5.96. The zero-order valence-corrected chi connectivity index (χ0v) is 14.0. The molecule has 1 aliphatic heterocycles. The number of carbonyl (C=O) groups is 1. The minimum absolute atomic E-state index is 0.147. The first-order valence-corrected chi connectivity index (χ1v) is 9.03. The summed E-state index contributed by atoms with van der Waals surface area (Å²) in [6.45, 7) is 5.70. The van der Waals surface area contributed by atoms with Crippen molar-refractivity contribution in [2.45, 2.75) is 25.7 Å². The van der Waals surface area contributed by atoms with Crippen LogP contribution in [0.4, 0.5) is 0 Å². The lowest BCUT2D eigenvalue weighted by molar-refractivity contribution is -0.120. The minimum Gasteiger partial charge on any atom is -0.355 e. The Hall–Kier alpha value is -1.39. The maximum atomic E-state index is 11.8. The Kier molecular flexibility index (Phi) is 6.06. The summed E-state index contributed by atoms with van der Waals surface area (Å²) >= 11 is 0. The van der Waals surface area contributed by atoms with Crippen LogP contribution in [0, 0.1) is 11.8 Å². The zero-order chi connectivity index (χ0) is 15.9. The van der Waals surface area contributed by atoms with Crippen LogP contribution >= 0.6 is 0 Å². The van der Waals surface area contributed by atoms with Gasteiger partial charge in [0.25, 0.3) is 0 Å². The highest BCUT2D eigenvalue weighted by molar-refractivity contribution is 5.77. The molecule has 1 saturated carbocycles. The molecular formula is C19H29N3O. The van der Waals surface area contributed by atoms with Crippen molar-refractivity contribution in [3.8, 4) is 0 Å². The van der Waals surface area contributed by atoms with Crippen molar-refractivity contribution in [2.24, 2.45) is 11.8 Å². The summed E-state index contributed by atoms with van der Waals surface area (Å²) in [5.74, 6) is 1.59. The van der Waals surface area contributed by atoms with Crippen molar-refractivity contribution >= 4 is 5.91 Å². The van der Waals surface area contributed by atoms with E-state index in [0.29, 0.717) is 12.5 Å². The van der Waals surface area contributed by atoms with Gasteiger partial charge in [-0.15, -0.1) is 0 Å². The minimum atomic E-state index is 0.147. The first-order chi connectivity index (χ1) is 11.3. The van der Waals surface area contributed by atoms with Crippen molar-refractivity contribution in [3.63, 3.8) is 0 Å². The lowest BCUT2D eigenvalue weighted by Gasteiger charge is -2.16. The Bertz CT molecular complexity index is 487. The third-order valence-corrected chi connectivity index (χ3v) is 4.93. The molecule has 0 aromatic heterocycles. The number of nitrogens with one attached hydrogen (secondary N) is 2. The van der Waals surface area contributed by atoms with Gasteiger partial charge in [-0.25, -0.2) is 0 Å². The van der Waals surface area contributed by atoms with Crippen molar-refractivity contribution < 1.29 is 4.79 Å². The lowest BCUT2D eigenvalue weighted by Crippen LogP contribution is -2.37. The van der Waals surface area contributed by atoms with Crippen LogP contribution in [-0.4, -0.2) is 50.1 Å². The van der Waals surface area contributed by atoms with Gasteiger partial charge in [0.2, 0.25) is 5.91 Å². The van der Waals surface area contributed by atoms with Crippen LogP contribution in [0.2, 0.25) is 0 Å². The fourth-order valence-corrected chi connectivity index (χ4v) is 3.25. The molecule has 1 aromatic carbocycles. The summed E-state index contributed by atoms with van der Waals surface area (Å²) in [4.78, 5) is 14.3. The second kappa shape index (κ2) is 8.46. The number of nitrogens with zero attached hydrogens (tertiary/aromatic N) is 1. The van der Waals surface area contributed by atoms with E-state index in [4.69, 9.17) is 0 Å². The Balaban J connectivity index is 1.26. The summed E-state index contributed by atoms with van der Waals surface area (Å²) in [6.07, 6.45) is 4.97. The highest BCUT2D eigenvalue weighted by Gasteiger charge is 2.23. The molecule has 4 nitrogen and oxygen atoms in total. The molecule has 2 aliphatic rings. The Labute approximate surface area is 139 Å². The number of rotatable bonds is 9. The quantitative estimate of drug-likeness (QED) is 0.728. The lowest BCUT2D eigenvalue weighted by atomic mass is 10.1. The fraction of sp³-hybridized carbons (Fsp3) is 0.632. The monoisotopic (exact) mass is 315 g/mol. The van der Waals surface area contributed by atoms with E-state index in [0.717, 1.165) is 45.1 Å². The standard InChI is InChI=1S/C19H29N3O/c23-19(14-20-12-17-6-7-17)21-13-18-9-11-22(15-18)10-8-16-4-2-1-3-5-16/h1-5,17-18,20H,6-15H2,(H,21,23). The van der Waals surface area contributed by atoms with Crippen molar-refractivity contribution in [1.82, 2.24) is 15.5 Å². The Morgan fingerprint density at radius 2 is 1.91 bits per heavy atom. The van der Waals surface area contributed by atoms with Gasteiger partial charge in [-0.1, -0.05) is 30.3 Å². The summed E-state index contributed by atoms with van der Waals surface area (Å²) in [6, 6.07) is 10.7. The topological polar surface area (TPSA) is 44.4 Å². The predicted octanol–water partition coefficient (Wildman–Crippen LogP) is 1.67. The average molecular weight is 315 g/mol. The van der Waals surface area contributed by atoms with E-state index in [1.807, 2.05) is 0 Å². The maximum Gasteiger partial charge on any atom is 0.233 e. The summed E-state index contributed by atoms with van der Waals surface area (Å²) in [7, 11) is 0. The van der Waals surface area contributed by atoms with Crippen molar-refractivity contribution in [3.05, 3.63) is 35.9 Å². The van der Waals surface area contributed by atoms with Crippen LogP contribution in [-0.2, 0) is 11.2 Å². The predicted molar refractivity (Wildman–Crippen MR) is 93.3 cm³/mol. The molecule has 23 heavy (non-hydrogen) atoms. The van der Waals surface area contributed by atoms with E-state index in [1.54, 1.807) is 0 Å². The summed E-state index contributed by atoms with van der Waals surface area (Å²) in [5.41, 5.74) is 1.41. The van der Waals surface area contributed by atoms with Gasteiger partial charge in [0.05, 0.1) is 6.54 Å². The van der Waals surface area contributed by atoms with E-state index in [9.17, 15) is 4.79 Å². The largest absolute Gasteiger partial charge is 0.355 e. The van der Waals surface area contributed by atoms with Crippen LogP contribution in [0.15, 0.2) is 30.3 Å². The van der Waals surface area contributed by atoms with E-state index in [2.05, 4.69) is 45.9 Å². The zero-order valence-electron chi connectivity index (χ0n) is 14.0. The molecule has 1 amide bonds. The first kappa shape index (κ1) is 16.5. The summed E-state index contributed by atoms with van der Waals surface area (Å²) in [5, 5.41) is 6.33. The molecule has 1 aromatic rings. The number of carbonyl (C=O) groups excluding carboxylic acids is 1. The van der Waals surface area contributed by atoms with Crippen LogP contribution in [0.1, 0.15) is 24.8 Å². The van der Waals surface area contributed by atoms with Crippen LogP contribution in [0.3, 0.4) is 0 Å². The second-order valence-corrected chi connectivity index (χ2v) is 7.07. The third-order valence-electron chi connectivity index (χ3n) is 4.93. The van der Waals surface area contributed by atoms with Crippen molar-refractivity contribution in [1.29, 1.82) is 0 Å². The summed E-state index contributed by atoms with van der Waals surface area (Å²) < 4.78 is 0. The van der Waals surface area contributed by atoms with Gasteiger partial charge < -0.3 is 15.5 Å². The number of hydrogen-bond acceptors (Lipinski definition) is 3. The maximum absolute atomic E-state index is 11.8. The molecule has 1 saturated heterocycles. The van der Waals surface area contributed by atoms with Gasteiger partial charge in [-0.3, -0.25) is 4.79 Å². The fourth-order valence-electron chi connectivity index (χ4n) is 3.25. The number of amides is 1. The molecule has 2 N–H and O–H groups in total. The molecule has 0 radical (unpaired) electrons. The van der Waals surface area contributed by atoms with Gasteiger partial charge in [0.15, 0.2) is 0 Å². The molecule has 3 rings (SSSR count).